The number of benzene rings is 3. The van der Waals surface area contributed by atoms with Gasteiger partial charge in [-0.25, -0.2) is 0 Å². The summed E-state index contributed by atoms with van der Waals surface area (Å²) in [6.45, 7) is 9.62. The Balaban J connectivity index is 1.77. The summed E-state index contributed by atoms with van der Waals surface area (Å²) in [7, 11) is -3.78. The lowest BCUT2D eigenvalue weighted by Crippen LogP contribution is -2.36. The highest BCUT2D eigenvalue weighted by molar-refractivity contribution is 7.70. The van der Waals surface area contributed by atoms with Crippen molar-refractivity contribution in [3.8, 4) is 0 Å². The van der Waals surface area contributed by atoms with Crippen LogP contribution in [0.1, 0.15) is 0 Å². The molecule has 0 saturated heterocycles. The summed E-state index contributed by atoms with van der Waals surface area (Å²) in [6, 6.07) is 32.0. The quantitative estimate of drug-likeness (QED) is 0.244. The highest BCUT2D eigenvalue weighted by Crippen LogP contribution is 2.44. The molecule has 0 amide bonds. The minimum atomic E-state index is -1.75. The van der Waals surface area contributed by atoms with Crippen LogP contribution >= 0.6 is 7.92 Å². The van der Waals surface area contributed by atoms with E-state index in [1.807, 2.05) is 0 Å². The minimum absolute atomic E-state index is 0.288. The molecule has 0 saturated carbocycles. The van der Waals surface area contributed by atoms with E-state index in [4.69, 9.17) is 9.96 Å². The Morgan fingerprint density at radius 1 is 0.552 bits per heavy atom. The fourth-order valence-electron chi connectivity index (χ4n) is 3.59. The third-order valence-electron chi connectivity index (χ3n) is 4.65. The van der Waals surface area contributed by atoms with Gasteiger partial charge in [0.2, 0.25) is 0 Å². The van der Waals surface area contributed by atoms with Crippen molar-refractivity contribution < 1.29 is 0 Å². The SMILES string of the molecule is C[Si](C)(CP(C[Si](C)(C)[N-]c1ccccc1)c1ccccc1)[N-]c1ccccc1. The van der Waals surface area contributed by atoms with Crippen LogP contribution in [0.4, 0.5) is 11.4 Å². The molecule has 0 aliphatic heterocycles. The number of hydrogen-bond acceptors (Lipinski definition) is 0. The van der Waals surface area contributed by atoms with Crippen LogP contribution in [0, 0.1) is 0 Å². The topological polar surface area (TPSA) is 28.2 Å². The number of rotatable bonds is 9. The molecule has 152 valence electrons. The molecule has 0 aliphatic carbocycles. The van der Waals surface area contributed by atoms with Crippen LogP contribution in [0.15, 0.2) is 91.0 Å². The van der Waals surface area contributed by atoms with E-state index < -0.39 is 16.5 Å². The Hall–Kier alpha value is -1.88. The summed E-state index contributed by atoms with van der Waals surface area (Å²) in [5.41, 5.74) is 2.25. The smallest absolute Gasteiger partial charge is 0.0247 e. The van der Waals surface area contributed by atoms with Gasteiger partial charge in [-0.1, -0.05) is 125 Å². The van der Waals surface area contributed by atoms with Gasteiger partial charge in [-0.3, -0.25) is 0 Å². The minimum Gasteiger partial charge on any atom is -0.687 e. The predicted molar refractivity (Wildman–Crippen MR) is 137 cm³/mol. The molecule has 29 heavy (non-hydrogen) atoms. The van der Waals surface area contributed by atoms with E-state index in [9.17, 15) is 0 Å². The average Bonchev–Trinajstić information content (AvgIpc) is 2.68. The fraction of sp³-hybridized carbons (Fsp3) is 0.250. The van der Waals surface area contributed by atoms with Gasteiger partial charge in [-0.2, -0.15) is 0 Å². The summed E-state index contributed by atoms with van der Waals surface area (Å²) < 4.78 is 0. The molecule has 0 atom stereocenters. The molecule has 2 nitrogen and oxygen atoms in total. The first-order valence-corrected chi connectivity index (χ1v) is 18.2. The molecule has 0 radical (unpaired) electrons. The summed E-state index contributed by atoms with van der Waals surface area (Å²) in [6.07, 6.45) is 0. The monoisotopic (exact) mass is 434 g/mol. The van der Waals surface area contributed by atoms with Crippen molar-refractivity contribution >= 4 is 41.1 Å². The molecule has 0 heterocycles. The molecular weight excluding hydrogens is 403 g/mol. The lowest BCUT2D eigenvalue weighted by molar-refractivity contribution is 1.59. The Morgan fingerprint density at radius 3 is 1.28 bits per heavy atom. The van der Waals surface area contributed by atoms with E-state index in [1.54, 1.807) is 0 Å². The van der Waals surface area contributed by atoms with Crippen LogP contribution in [-0.4, -0.2) is 28.0 Å². The van der Waals surface area contributed by atoms with Crippen LogP contribution in [0.3, 0.4) is 0 Å². The average molecular weight is 435 g/mol. The summed E-state index contributed by atoms with van der Waals surface area (Å²) in [5.74, 6) is 2.42. The first kappa shape index (κ1) is 21.8. The second-order valence-corrected chi connectivity index (χ2v) is 20.5. The standard InChI is InChI=1S/C24H31N2PSi2/c1-28(2,25-22-14-8-5-9-15-22)20-27(24-18-12-7-13-19-24)21-29(3,4)26-23-16-10-6-11-17-23/h5-19H,20-21H2,1-4H3/q-2. The van der Waals surface area contributed by atoms with Crippen molar-refractivity contribution in [2.24, 2.45) is 0 Å². The normalized spacial score (nSPS) is 12.0. The Bertz CT molecular complexity index is 816. The lowest BCUT2D eigenvalue weighted by Gasteiger charge is -2.47. The maximum atomic E-state index is 5.21. The number of nitrogens with zero attached hydrogens (tertiary/aromatic N) is 2. The van der Waals surface area contributed by atoms with Crippen LogP contribution in [0.5, 0.6) is 0 Å². The summed E-state index contributed by atoms with van der Waals surface area (Å²) in [5, 5.41) is 1.50. The van der Waals surface area contributed by atoms with E-state index in [0.29, 0.717) is 0 Å². The first-order chi connectivity index (χ1) is 13.8. The fourth-order valence-corrected chi connectivity index (χ4v) is 16.8. The van der Waals surface area contributed by atoms with E-state index >= 15 is 0 Å². The Morgan fingerprint density at radius 2 is 0.897 bits per heavy atom. The second-order valence-electron chi connectivity index (χ2n) is 8.71. The molecular formula is C24H31N2PSi2-2. The highest BCUT2D eigenvalue weighted by Gasteiger charge is 2.23. The molecule has 0 spiro atoms. The molecule has 3 aromatic carbocycles. The van der Waals surface area contributed by atoms with Crippen LogP contribution in [-0.2, 0) is 0 Å². The van der Waals surface area contributed by atoms with Gasteiger partial charge in [0, 0.05) is 0 Å². The van der Waals surface area contributed by atoms with Crippen LogP contribution < -0.4 is 5.30 Å². The maximum absolute atomic E-state index is 5.21. The molecule has 3 aromatic rings. The highest BCUT2D eigenvalue weighted by atomic mass is 31.1. The number of hydrogen-bond donors (Lipinski definition) is 0. The summed E-state index contributed by atoms with van der Waals surface area (Å²) in [4.78, 5) is 10.4. The van der Waals surface area contributed by atoms with Crippen molar-refractivity contribution in [3.05, 3.63) is 101 Å². The van der Waals surface area contributed by atoms with Crippen molar-refractivity contribution in [1.82, 2.24) is 0 Å². The van der Waals surface area contributed by atoms with Gasteiger partial charge in [0.1, 0.15) is 0 Å². The second kappa shape index (κ2) is 9.75. The van der Waals surface area contributed by atoms with Gasteiger partial charge in [0.05, 0.1) is 0 Å². The van der Waals surface area contributed by atoms with Gasteiger partial charge >= 0.3 is 0 Å². The first-order valence-electron chi connectivity index (χ1n) is 10.2. The van der Waals surface area contributed by atoms with E-state index in [-0.39, 0.29) is 7.92 Å². The Kier molecular flexibility index (Phi) is 7.34. The predicted octanol–water partition coefficient (Wildman–Crippen LogP) is 7.69. The van der Waals surface area contributed by atoms with E-state index in [0.717, 1.165) is 11.4 Å². The zero-order valence-corrected chi connectivity index (χ0v) is 20.8. The van der Waals surface area contributed by atoms with Crippen molar-refractivity contribution in [2.45, 2.75) is 26.2 Å². The van der Waals surface area contributed by atoms with Crippen LogP contribution in [0.25, 0.3) is 9.96 Å². The zero-order chi connectivity index (χ0) is 20.7. The zero-order valence-electron chi connectivity index (χ0n) is 17.9. The van der Waals surface area contributed by atoms with Gasteiger partial charge in [0.25, 0.3) is 0 Å². The molecule has 0 aromatic heterocycles. The molecule has 0 fully saturated rings. The molecule has 3 rings (SSSR count). The lowest BCUT2D eigenvalue weighted by atomic mass is 10.3. The Labute approximate surface area is 179 Å². The van der Waals surface area contributed by atoms with Gasteiger partial charge in [-0.15, -0.1) is 11.4 Å². The molecule has 5 heteroatoms. The van der Waals surface area contributed by atoms with Gasteiger partial charge in [-0.05, 0) is 33.3 Å². The van der Waals surface area contributed by atoms with Gasteiger partial charge < -0.3 is 9.96 Å². The molecule has 0 aliphatic rings. The van der Waals surface area contributed by atoms with Crippen LogP contribution in [0.2, 0.25) is 26.2 Å². The molecule has 0 unspecified atom stereocenters. The maximum Gasteiger partial charge on any atom is -0.0247 e. The van der Waals surface area contributed by atoms with Crippen molar-refractivity contribution in [3.63, 3.8) is 0 Å². The van der Waals surface area contributed by atoms with E-state index in [1.165, 1.54) is 16.9 Å². The third kappa shape index (κ3) is 7.15. The van der Waals surface area contributed by atoms with E-state index in [2.05, 4.69) is 117 Å². The van der Waals surface area contributed by atoms with Crippen molar-refractivity contribution in [2.75, 3.05) is 11.6 Å². The molecule has 0 N–H and O–H groups in total. The largest absolute Gasteiger partial charge is 0.687 e. The summed E-state index contributed by atoms with van der Waals surface area (Å²) >= 11 is 0. The third-order valence-corrected chi connectivity index (χ3v) is 16.7. The molecule has 0 bridgehead atoms. The van der Waals surface area contributed by atoms with Crippen molar-refractivity contribution in [1.29, 1.82) is 0 Å². The van der Waals surface area contributed by atoms with Gasteiger partial charge in [0.15, 0.2) is 0 Å².